The first-order chi connectivity index (χ1) is 13.3. The number of nitrogens with one attached hydrogen (secondary N) is 2. The number of benzene rings is 1. The molecule has 0 saturated heterocycles. The number of hydrogen-bond donors (Lipinski definition) is 2. The van der Waals surface area contributed by atoms with Crippen molar-refractivity contribution in [3.05, 3.63) is 35.4 Å². The smallest absolute Gasteiger partial charge is 0.338 e. The summed E-state index contributed by atoms with van der Waals surface area (Å²) in [5.41, 5.74) is 0.393. The quantitative estimate of drug-likeness (QED) is 0.588. The number of ether oxygens (including phenoxy) is 2. The first-order valence-corrected chi connectivity index (χ1v) is 9.29. The van der Waals surface area contributed by atoms with E-state index < -0.39 is 11.9 Å². The van der Waals surface area contributed by atoms with Gasteiger partial charge in [0.2, 0.25) is 0 Å². The number of rotatable bonds is 10. The maximum Gasteiger partial charge on any atom is 0.338 e. The highest BCUT2D eigenvalue weighted by molar-refractivity contribution is 5.94. The maximum absolute atomic E-state index is 12.0. The molecule has 0 saturated carbocycles. The van der Waals surface area contributed by atoms with Gasteiger partial charge in [0.05, 0.1) is 11.1 Å². The van der Waals surface area contributed by atoms with Crippen LogP contribution in [0.25, 0.3) is 0 Å². The highest BCUT2D eigenvalue weighted by Gasteiger charge is 2.14. The van der Waals surface area contributed by atoms with Crippen molar-refractivity contribution in [2.45, 2.75) is 52.6 Å². The molecule has 0 aliphatic carbocycles. The van der Waals surface area contributed by atoms with Crippen LogP contribution in [0.2, 0.25) is 0 Å². The lowest BCUT2D eigenvalue weighted by Gasteiger charge is -2.12. The van der Waals surface area contributed by atoms with Crippen LogP contribution in [0.4, 0.5) is 0 Å². The van der Waals surface area contributed by atoms with Crippen molar-refractivity contribution in [3.63, 3.8) is 0 Å². The van der Waals surface area contributed by atoms with Crippen LogP contribution in [-0.2, 0) is 19.1 Å². The zero-order valence-electron chi connectivity index (χ0n) is 16.7. The summed E-state index contributed by atoms with van der Waals surface area (Å²) < 4.78 is 9.88. The monoisotopic (exact) mass is 392 g/mol. The zero-order valence-corrected chi connectivity index (χ0v) is 16.7. The molecule has 0 radical (unpaired) electrons. The molecule has 2 N–H and O–H groups in total. The molecular weight excluding hydrogens is 364 g/mol. The molecule has 0 aliphatic heterocycles. The fourth-order valence-corrected chi connectivity index (χ4v) is 2.01. The second-order valence-corrected chi connectivity index (χ2v) is 6.48. The molecule has 154 valence electrons. The van der Waals surface area contributed by atoms with E-state index in [0.29, 0.717) is 0 Å². The Morgan fingerprint density at radius 3 is 1.36 bits per heavy atom. The van der Waals surface area contributed by atoms with E-state index in [-0.39, 0.29) is 48.2 Å². The Bertz CT molecular complexity index is 627. The van der Waals surface area contributed by atoms with Crippen molar-refractivity contribution < 1.29 is 28.7 Å². The summed E-state index contributed by atoms with van der Waals surface area (Å²) in [6.45, 7) is 6.82. The molecule has 28 heavy (non-hydrogen) atoms. The van der Waals surface area contributed by atoms with E-state index in [1.54, 1.807) is 0 Å². The Balaban J connectivity index is 2.49. The minimum Gasteiger partial charge on any atom is -0.452 e. The Labute approximate surface area is 165 Å². The molecule has 1 aromatic carbocycles. The van der Waals surface area contributed by atoms with Gasteiger partial charge in [-0.1, -0.05) is 13.8 Å². The summed E-state index contributed by atoms with van der Waals surface area (Å²) in [6.07, 6.45) is 1.55. The first kappa shape index (κ1) is 23.1. The van der Waals surface area contributed by atoms with Crippen LogP contribution in [0.5, 0.6) is 0 Å². The fraction of sp³-hybridized carbons (Fsp3) is 0.500. The molecule has 0 aromatic heterocycles. The van der Waals surface area contributed by atoms with Gasteiger partial charge in [-0.25, -0.2) is 9.59 Å². The van der Waals surface area contributed by atoms with E-state index in [2.05, 4.69) is 10.6 Å². The van der Waals surface area contributed by atoms with Crippen molar-refractivity contribution in [2.75, 3.05) is 13.2 Å². The van der Waals surface area contributed by atoms with Crippen LogP contribution in [0.1, 0.15) is 61.3 Å². The molecule has 1 aromatic rings. The average molecular weight is 392 g/mol. The summed E-state index contributed by atoms with van der Waals surface area (Å²) in [6, 6.07) is 5.58. The fourth-order valence-electron chi connectivity index (χ4n) is 2.01. The van der Waals surface area contributed by atoms with Gasteiger partial charge < -0.3 is 20.1 Å². The standard InChI is InChI=1S/C20H28N2O6/c1-5-13(3)21-17(23)11-27-19(25)15-7-9-16(10-8-15)20(26)28-12-18(24)22-14(4)6-2/h7-10,13-14H,5-6,11-12H2,1-4H3,(H,21,23)(H,22,24)/t13-,14-/m0/s1. The number of esters is 2. The molecule has 8 heteroatoms. The van der Waals surface area contributed by atoms with Gasteiger partial charge in [0.25, 0.3) is 11.8 Å². The van der Waals surface area contributed by atoms with Gasteiger partial charge in [-0.05, 0) is 51.0 Å². The molecule has 2 amide bonds. The van der Waals surface area contributed by atoms with Crippen molar-refractivity contribution in [1.29, 1.82) is 0 Å². The van der Waals surface area contributed by atoms with Crippen molar-refractivity contribution >= 4 is 23.8 Å². The topological polar surface area (TPSA) is 111 Å². The third-order valence-electron chi connectivity index (χ3n) is 4.06. The second kappa shape index (κ2) is 11.7. The van der Waals surface area contributed by atoms with E-state index in [1.165, 1.54) is 24.3 Å². The SMILES string of the molecule is CC[C@H](C)NC(=O)COC(=O)c1ccc(C(=O)OCC(=O)N[C@@H](C)CC)cc1. The largest absolute Gasteiger partial charge is 0.452 e. The Kier molecular flexibility index (Phi) is 9.70. The van der Waals surface area contributed by atoms with Crippen molar-refractivity contribution in [1.82, 2.24) is 10.6 Å². The average Bonchev–Trinajstić information content (AvgIpc) is 2.69. The molecular formula is C20H28N2O6. The van der Waals surface area contributed by atoms with E-state index in [0.717, 1.165) is 12.8 Å². The summed E-state index contributed by atoms with van der Waals surface area (Å²) in [7, 11) is 0. The molecule has 0 aliphatic rings. The van der Waals surface area contributed by atoms with Crippen LogP contribution in [-0.4, -0.2) is 49.1 Å². The van der Waals surface area contributed by atoms with Gasteiger partial charge in [-0.2, -0.15) is 0 Å². The van der Waals surface area contributed by atoms with Gasteiger partial charge in [0.1, 0.15) is 0 Å². The first-order valence-electron chi connectivity index (χ1n) is 9.29. The van der Waals surface area contributed by atoms with E-state index >= 15 is 0 Å². The van der Waals surface area contributed by atoms with Gasteiger partial charge in [-0.15, -0.1) is 0 Å². The van der Waals surface area contributed by atoms with Crippen LogP contribution in [0.15, 0.2) is 24.3 Å². The molecule has 0 unspecified atom stereocenters. The lowest BCUT2D eigenvalue weighted by Crippen LogP contribution is -2.35. The summed E-state index contributed by atoms with van der Waals surface area (Å²) in [5.74, 6) is -2.10. The van der Waals surface area contributed by atoms with Gasteiger partial charge >= 0.3 is 11.9 Å². The third-order valence-corrected chi connectivity index (χ3v) is 4.06. The third kappa shape index (κ3) is 8.20. The lowest BCUT2D eigenvalue weighted by molar-refractivity contribution is -0.125. The molecule has 0 bridgehead atoms. The van der Waals surface area contributed by atoms with Crippen LogP contribution in [0.3, 0.4) is 0 Å². The highest BCUT2D eigenvalue weighted by Crippen LogP contribution is 2.08. The molecule has 0 spiro atoms. The van der Waals surface area contributed by atoms with Crippen molar-refractivity contribution in [3.8, 4) is 0 Å². The predicted octanol–water partition coefficient (Wildman–Crippen LogP) is 1.83. The number of amides is 2. The van der Waals surface area contributed by atoms with Crippen LogP contribution >= 0.6 is 0 Å². The molecule has 0 heterocycles. The molecule has 8 nitrogen and oxygen atoms in total. The lowest BCUT2D eigenvalue weighted by atomic mass is 10.1. The Morgan fingerprint density at radius 1 is 0.750 bits per heavy atom. The molecule has 2 atom stereocenters. The van der Waals surface area contributed by atoms with E-state index in [1.807, 2.05) is 27.7 Å². The summed E-state index contributed by atoms with van der Waals surface area (Å²) in [5, 5.41) is 5.38. The zero-order chi connectivity index (χ0) is 21.1. The Morgan fingerprint density at radius 2 is 1.07 bits per heavy atom. The van der Waals surface area contributed by atoms with Gasteiger partial charge in [0.15, 0.2) is 13.2 Å². The van der Waals surface area contributed by atoms with E-state index in [9.17, 15) is 19.2 Å². The minimum atomic E-state index is -0.674. The second-order valence-electron chi connectivity index (χ2n) is 6.48. The Hall–Kier alpha value is -2.90. The molecule has 1 rings (SSSR count). The predicted molar refractivity (Wildman–Crippen MR) is 103 cm³/mol. The summed E-state index contributed by atoms with van der Waals surface area (Å²) in [4.78, 5) is 47.2. The number of carbonyl (C=O) groups is 4. The minimum absolute atomic E-state index is 0.00349. The molecule has 0 fully saturated rings. The van der Waals surface area contributed by atoms with Gasteiger partial charge in [-0.3, -0.25) is 9.59 Å². The maximum atomic E-state index is 12.0. The van der Waals surface area contributed by atoms with Crippen LogP contribution in [0, 0.1) is 0 Å². The number of carbonyl (C=O) groups excluding carboxylic acids is 4. The number of hydrogen-bond acceptors (Lipinski definition) is 6. The normalized spacial score (nSPS) is 12.4. The van der Waals surface area contributed by atoms with Gasteiger partial charge in [0, 0.05) is 12.1 Å². The van der Waals surface area contributed by atoms with Crippen molar-refractivity contribution in [2.24, 2.45) is 0 Å². The van der Waals surface area contributed by atoms with E-state index in [4.69, 9.17) is 9.47 Å². The summed E-state index contributed by atoms with van der Waals surface area (Å²) >= 11 is 0. The highest BCUT2D eigenvalue weighted by atomic mass is 16.5. The van der Waals surface area contributed by atoms with Crippen LogP contribution < -0.4 is 10.6 Å².